The summed E-state index contributed by atoms with van der Waals surface area (Å²) in [5.41, 5.74) is 3.45. The average Bonchev–Trinajstić information content (AvgIpc) is 2.30. The van der Waals surface area contributed by atoms with Gasteiger partial charge in [0.25, 0.3) is 0 Å². The first-order valence-corrected chi connectivity index (χ1v) is 5.65. The summed E-state index contributed by atoms with van der Waals surface area (Å²) in [4.78, 5) is 0. The van der Waals surface area contributed by atoms with Crippen molar-refractivity contribution in [3.63, 3.8) is 0 Å². The molecular weight excluding hydrogens is 204 g/mol. The molecule has 1 aliphatic rings. The van der Waals surface area contributed by atoms with Crippen LogP contribution < -0.4 is 9.47 Å². The largest absolute Gasteiger partial charge is 0.486 e. The Kier molecular flexibility index (Phi) is 3.06. The number of aliphatic hydroxyl groups is 1. The second kappa shape index (κ2) is 4.34. The highest BCUT2D eigenvalue weighted by atomic mass is 16.6. The fraction of sp³-hybridized carbons (Fsp3) is 0.538. The molecule has 1 heterocycles. The molecule has 0 radical (unpaired) electrons. The van der Waals surface area contributed by atoms with E-state index in [0.717, 1.165) is 17.1 Å². The van der Waals surface area contributed by atoms with E-state index in [0.29, 0.717) is 13.2 Å². The van der Waals surface area contributed by atoms with Crippen molar-refractivity contribution in [1.82, 2.24) is 0 Å². The van der Waals surface area contributed by atoms with Crippen molar-refractivity contribution in [2.75, 3.05) is 19.8 Å². The molecule has 0 bridgehead atoms. The van der Waals surface area contributed by atoms with Gasteiger partial charge >= 0.3 is 0 Å². The molecule has 88 valence electrons. The zero-order valence-corrected chi connectivity index (χ0v) is 10.0. The van der Waals surface area contributed by atoms with E-state index in [2.05, 4.69) is 13.8 Å². The Hall–Kier alpha value is -1.22. The van der Waals surface area contributed by atoms with Gasteiger partial charge in [-0.2, -0.15) is 0 Å². The highest BCUT2D eigenvalue weighted by Gasteiger charge is 2.22. The lowest BCUT2D eigenvalue weighted by molar-refractivity contribution is 0.167. The van der Waals surface area contributed by atoms with Gasteiger partial charge in [0.1, 0.15) is 13.2 Å². The van der Waals surface area contributed by atoms with Crippen LogP contribution in [0.5, 0.6) is 11.5 Å². The van der Waals surface area contributed by atoms with Crippen molar-refractivity contribution in [3.05, 3.63) is 22.8 Å². The average molecular weight is 222 g/mol. The molecule has 16 heavy (non-hydrogen) atoms. The van der Waals surface area contributed by atoms with E-state index >= 15 is 0 Å². The quantitative estimate of drug-likeness (QED) is 0.833. The van der Waals surface area contributed by atoms with Crippen molar-refractivity contribution in [2.45, 2.75) is 26.7 Å². The predicted octanol–water partition coefficient (Wildman–Crippen LogP) is 2.17. The third-order valence-electron chi connectivity index (χ3n) is 3.17. The number of benzene rings is 1. The van der Waals surface area contributed by atoms with Crippen LogP contribution in [0.4, 0.5) is 0 Å². The maximum atomic E-state index is 9.31. The summed E-state index contributed by atoms with van der Waals surface area (Å²) in [6.07, 6.45) is 0. The first-order valence-electron chi connectivity index (χ1n) is 5.65. The molecule has 1 atom stereocenters. The van der Waals surface area contributed by atoms with E-state index in [1.54, 1.807) is 0 Å². The number of hydrogen-bond donors (Lipinski definition) is 1. The molecule has 0 amide bonds. The maximum Gasteiger partial charge on any atom is 0.165 e. The minimum absolute atomic E-state index is 0.0790. The van der Waals surface area contributed by atoms with Crippen LogP contribution >= 0.6 is 0 Å². The van der Waals surface area contributed by atoms with Crippen LogP contribution in [0.3, 0.4) is 0 Å². The van der Waals surface area contributed by atoms with Gasteiger partial charge in [-0.3, -0.25) is 0 Å². The Morgan fingerprint density at radius 2 is 2.00 bits per heavy atom. The first-order chi connectivity index (χ1) is 7.65. The molecule has 0 fully saturated rings. The summed E-state index contributed by atoms with van der Waals surface area (Å²) in [6.45, 7) is 7.43. The lowest BCUT2D eigenvalue weighted by Gasteiger charge is -2.25. The Bertz CT molecular complexity index is 399. The van der Waals surface area contributed by atoms with Gasteiger partial charge < -0.3 is 14.6 Å². The lowest BCUT2D eigenvalue weighted by Crippen LogP contribution is -2.18. The molecule has 1 unspecified atom stereocenters. The van der Waals surface area contributed by atoms with Crippen LogP contribution in [0.25, 0.3) is 0 Å². The monoisotopic (exact) mass is 222 g/mol. The van der Waals surface area contributed by atoms with Gasteiger partial charge in [-0.1, -0.05) is 6.92 Å². The number of rotatable bonds is 2. The summed E-state index contributed by atoms with van der Waals surface area (Å²) in [5, 5.41) is 9.31. The van der Waals surface area contributed by atoms with Crippen LogP contribution in [0.15, 0.2) is 6.07 Å². The van der Waals surface area contributed by atoms with Crippen molar-refractivity contribution in [2.24, 2.45) is 0 Å². The minimum Gasteiger partial charge on any atom is -0.486 e. The lowest BCUT2D eigenvalue weighted by atomic mass is 9.92. The minimum atomic E-state index is 0.0790. The van der Waals surface area contributed by atoms with E-state index < -0.39 is 0 Å². The molecular formula is C13H18O3. The smallest absolute Gasteiger partial charge is 0.165 e. The molecule has 0 aromatic heterocycles. The molecule has 0 spiro atoms. The highest BCUT2D eigenvalue weighted by Crippen LogP contribution is 2.41. The van der Waals surface area contributed by atoms with Crippen molar-refractivity contribution in [1.29, 1.82) is 0 Å². The van der Waals surface area contributed by atoms with Crippen molar-refractivity contribution >= 4 is 0 Å². The third-order valence-corrected chi connectivity index (χ3v) is 3.17. The molecule has 1 N–H and O–H groups in total. The van der Waals surface area contributed by atoms with Gasteiger partial charge in [0.2, 0.25) is 0 Å². The van der Waals surface area contributed by atoms with Gasteiger partial charge in [0, 0.05) is 18.1 Å². The molecule has 0 saturated heterocycles. The van der Waals surface area contributed by atoms with Gasteiger partial charge in [-0.05, 0) is 31.0 Å². The fourth-order valence-electron chi connectivity index (χ4n) is 2.12. The SMILES string of the molecule is Cc1cc2c(c(C(C)CO)c1C)OCCO2. The number of ether oxygens (including phenoxy) is 2. The second-order valence-electron chi connectivity index (χ2n) is 4.34. The Morgan fingerprint density at radius 3 is 2.69 bits per heavy atom. The fourth-order valence-corrected chi connectivity index (χ4v) is 2.12. The number of fused-ring (bicyclic) bond motifs is 1. The summed E-state index contributed by atoms with van der Waals surface area (Å²) in [5.74, 6) is 1.70. The van der Waals surface area contributed by atoms with Crippen LogP contribution in [0.1, 0.15) is 29.5 Å². The van der Waals surface area contributed by atoms with Crippen molar-refractivity contribution < 1.29 is 14.6 Å². The van der Waals surface area contributed by atoms with Gasteiger partial charge in [-0.15, -0.1) is 0 Å². The Labute approximate surface area is 96.0 Å². The number of aryl methyl sites for hydroxylation is 1. The van der Waals surface area contributed by atoms with Crippen LogP contribution in [0.2, 0.25) is 0 Å². The van der Waals surface area contributed by atoms with Crippen molar-refractivity contribution in [3.8, 4) is 11.5 Å². The number of aliphatic hydroxyl groups excluding tert-OH is 1. The van der Waals surface area contributed by atoms with E-state index in [9.17, 15) is 5.11 Å². The Balaban J connectivity index is 2.59. The Morgan fingerprint density at radius 1 is 1.31 bits per heavy atom. The van der Waals surface area contributed by atoms with E-state index in [-0.39, 0.29) is 12.5 Å². The third kappa shape index (κ3) is 1.76. The van der Waals surface area contributed by atoms with Crippen LogP contribution in [0, 0.1) is 13.8 Å². The predicted molar refractivity (Wildman–Crippen MR) is 62.4 cm³/mol. The van der Waals surface area contributed by atoms with E-state index in [4.69, 9.17) is 9.47 Å². The molecule has 1 aliphatic heterocycles. The molecule has 1 aromatic rings. The molecule has 3 heteroatoms. The van der Waals surface area contributed by atoms with E-state index in [1.807, 2.05) is 13.0 Å². The second-order valence-corrected chi connectivity index (χ2v) is 4.34. The molecule has 0 aliphatic carbocycles. The summed E-state index contributed by atoms with van der Waals surface area (Å²) >= 11 is 0. The van der Waals surface area contributed by atoms with Gasteiger partial charge in [0.05, 0.1) is 0 Å². The maximum absolute atomic E-state index is 9.31. The zero-order chi connectivity index (χ0) is 11.7. The van der Waals surface area contributed by atoms with Crippen LogP contribution in [-0.2, 0) is 0 Å². The first kappa shape index (κ1) is 11.3. The van der Waals surface area contributed by atoms with Gasteiger partial charge in [-0.25, -0.2) is 0 Å². The molecule has 2 rings (SSSR count). The standard InChI is InChI=1S/C13H18O3/c1-8-6-11-13(16-5-4-15-11)12(10(8)3)9(2)7-14/h6,9,14H,4-5,7H2,1-3H3. The molecule has 3 nitrogen and oxygen atoms in total. The zero-order valence-electron chi connectivity index (χ0n) is 10.0. The number of hydrogen-bond acceptors (Lipinski definition) is 3. The summed E-state index contributed by atoms with van der Waals surface area (Å²) in [7, 11) is 0. The molecule has 0 saturated carbocycles. The highest BCUT2D eigenvalue weighted by molar-refractivity contribution is 5.55. The van der Waals surface area contributed by atoms with Crippen LogP contribution in [-0.4, -0.2) is 24.9 Å². The summed E-state index contributed by atoms with van der Waals surface area (Å²) < 4.78 is 11.3. The normalized spacial score (nSPS) is 16.0. The summed E-state index contributed by atoms with van der Waals surface area (Å²) in [6, 6.07) is 2.01. The topological polar surface area (TPSA) is 38.7 Å². The molecule has 1 aromatic carbocycles. The van der Waals surface area contributed by atoms with E-state index in [1.165, 1.54) is 11.1 Å². The van der Waals surface area contributed by atoms with Gasteiger partial charge in [0.15, 0.2) is 11.5 Å².